The van der Waals surface area contributed by atoms with E-state index in [-0.39, 0.29) is 5.91 Å². The van der Waals surface area contributed by atoms with Crippen molar-refractivity contribution in [3.8, 4) is 5.88 Å². The normalized spacial score (nSPS) is 11.9. The molecule has 1 amide bonds. The first kappa shape index (κ1) is 16.5. The van der Waals surface area contributed by atoms with Gasteiger partial charge in [-0.2, -0.15) is 0 Å². The number of hydrogen-bond acceptors (Lipinski definition) is 3. The van der Waals surface area contributed by atoms with Crippen LogP contribution in [-0.4, -0.2) is 24.0 Å². The van der Waals surface area contributed by atoms with Crippen LogP contribution in [0.2, 0.25) is 0 Å². The molecule has 0 unspecified atom stereocenters. The SMILES string of the molecule is CCCC[C@@H](CC)CNC(=O)c1cccnc1OCC. The summed E-state index contributed by atoms with van der Waals surface area (Å²) in [5, 5.41) is 3.00. The van der Waals surface area contributed by atoms with Gasteiger partial charge in [0.2, 0.25) is 5.88 Å². The van der Waals surface area contributed by atoms with E-state index in [0.29, 0.717) is 24.0 Å². The van der Waals surface area contributed by atoms with E-state index in [4.69, 9.17) is 4.74 Å². The first-order valence-electron chi connectivity index (χ1n) is 7.58. The molecule has 0 aromatic carbocycles. The molecule has 1 atom stereocenters. The summed E-state index contributed by atoms with van der Waals surface area (Å²) in [5.74, 6) is 0.858. The minimum atomic E-state index is -0.100. The van der Waals surface area contributed by atoms with Gasteiger partial charge in [-0.05, 0) is 31.4 Å². The van der Waals surface area contributed by atoms with Crippen LogP contribution in [0.3, 0.4) is 0 Å². The molecule has 0 aliphatic heterocycles. The third kappa shape index (κ3) is 5.19. The number of hydrogen-bond donors (Lipinski definition) is 1. The Balaban J connectivity index is 2.57. The average Bonchev–Trinajstić information content (AvgIpc) is 2.48. The predicted octanol–water partition coefficient (Wildman–Crippen LogP) is 3.43. The highest BCUT2D eigenvalue weighted by Gasteiger charge is 2.14. The summed E-state index contributed by atoms with van der Waals surface area (Å²) < 4.78 is 5.38. The highest BCUT2D eigenvalue weighted by molar-refractivity contribution is 5.96. The van der Waals surface area contributed by atoms with E-state index in [2.05, 4.69) is 24.1 Å². The lowest BCUT2D eigenvalue weighted by Gasteiger charge is -2.16. The smallest absolute Gasteiger partial charge is 0.256 e. The number of nitrogens with one attached hydrogen (secondary N) is 1. The molecule has 0 spiro atoms. The molecule has 0 fully saturated rings. The van der Waals surface area contributed by atoms with Crippen molar-refractivity contribution in [3.63, 3.8) is 0 Å². The zero-order valence-electron chi connectivity index (χ0n) is 12.8. The number of pyridine rings is 1. The Hall–Kier alpha value is -1.58. The molecule has 0 saturated carbocycles. The Kier molecular flexibility index (Phi) is 7.70. The van der Waals surface area contributed by atoms with Crippen LogP contribution in [0.5, 0.6) is 5.88 Å². The van der Waals surface area contributed by atoms with Crippen LogP contribution in [0.15, 0.2) is 18.3 Å². The van der Waals surface area contributed by atoms with Gasteiger partial charge in [0.25, 0.3) is 5.91 Å². The van der Waals surface area contributed by atoms with Gasteiger partial charge in [-0.3, -0.25) is 4.79 Å². The standard InChI is InChI=1S/C16H26N2O2/c1-4-7-9-13(5-2)12-18-15(19)14-10-8-11-17-16(14)20-6-3/h8,10-11,13H,4-7,9,12H2,1-3H3,(H,18,19)/t13-/m1/s1. The van der Waals surface area contributed by atoms with Gasteiger partial charge in [-0.15, -0.1) is 0 Å². The van der Waals surface area contributed by atoms with Crippen molar-refractivity contribution in [2.45, 2.75) is 46.5 Å². The average molecular weight is 278 g/mol. The Labute approximate surface area is 121 Å². The highest BCUT2D eigenvalue weighted by atomic mass is 16.5. The number of rotatable bonds is 9. The van der Waals surface area contributed by atoms with E-state index in [1.165, 1.54) is 19.3 Å². The lowest BCUT2D eigenvalue weighted by atomic mass is 9.99. The summed E-state index contributed by atoms with van der Waals surface area (Å²) in [6.45, 7) is 7.47. The minimum Gasteiger partial charge on any atom is -0.477 e. The highest BCUT2D eigenvalue weighted by Crippen LogP contribution is 2.15. The molecule has 1 N–H and O–H groups in total. The molecule has 4 heteroatoms. The zero-order valence-corrected chi connectivity index (χ0v) is 12.8. The van der Waals surface area contributed by atoms with E-state index < -0.39 is 0 Å². The number of ether oxygens (including phenoxy) is 1. The maximum Gasteiger partial charge on any atom is 0.256 e. The van der Waals surface area contributed by atoms with Gasteiger partial charge in [0.15, 0.2) is 0 Å². The van der Waals surface area contributed by atoms with Crippen molar-refractivity contribution in [2.75, 3.05) is 13.2 Å². The van der Waals surface area contributed by atoms with Crippen LogP contribution in [-0.2, 0) is 0 Å². The molecule has 0 aliphatic rings. The predicted molar refractivity (Wildman–Crippen MR) is 81.0 cm³/mol. The fraction of sp³-hybridized carbons (Fsp3) is 0.625. The van der Waals surface area contributed by atoms with Gasteiger partial charge in [0.1, 0.15) is 5.56 Å². The molecule has 0 radical (unpaired) electrons. The van der Waals surface area contributed by atoms with Crippen molar-refractivity contribution < 1.29 is 9.53 Å². The molecule has 1 rings (SSSR count). The first-order valence-corrected chi connectivity index (χ1v) is 7.58. The third-order valence-corrected chi connectivity index (χ3v) is 3.39. The van der Waals surface area contributed by atoms with Crippen molar-refractivity contribution in [3.05, 3.63) is 23.9 Å². The molecular formula is C16H26N2O2. The summed E-state index contributed by atoms with van der Waals surface area (Å²) in [7, 11) is 0. The molecule has 1 aromatic rings. The molecule has 0 aliphatic carbocycles. The van der Waals surface area contributed by atoms with Gasteiger partial charge in [0.05, 0.1) is 6.61 Å². The second-order valence-corrected chi connectivity index (χ2v) is 4.92. The van der Waals surface area contributed by atoms with Crippen molar-refractivity contribution in [1.82, 2.24) is 10.3 Å². The minimum absolute atomic E-state index is 0.100. The number of aromatic nitrogens is 1. The topological polar surface area (TPSA) is 51.2 Å². The van der Waals surface area contributed by atoms with Gasteiger partial charge >= 0.3 is 0 Å². The molecule has 4 nitrogen and oxygen atoms in total. The van der Waals surface area contributed by atoms with Gasteiger partial charge in [-0.1, -0.05) is 33.1 Å². The van der Waals surface area contributed by atoms with E-state index in [1.807, 2.05) is 6.92 Å². The van der Waals surface area contributed by atoms with Crippen LogP contribution in [0.1, 0.15) is 56.8 Å². The fourth-order valence-electron chi connectivity index (χ4n) is 2.09. The van der Waals surface area contributed by atoms with Crippen molar-refractivity contribution >= 4 is 5.91 Å². The lowest BCUT2D eigenvalue weighted by molar-refractivity contribution is 0.0941. The fourth-order valence-corrected chi connectivity index (χ4v) is 2.09. The number of carbonyl (C=O) groups excluding carboxylic acids is 1. The van der Waals surface area contributed by atoms with Crippen molar-refractivity contribution in [2.24, 2.45) is 5.92 Å². The second-order valence-electron chi connectivity index (χ2n) is 4.92. The summed E-state index contributed by atoms with van der Waals surface area (Å²) in [4.78, 5) is 16.3. The van der Waals surface area contributed by atoms with Crippen LogP contribution in [0.25, 0.3) is 0 Å². The number of nitrogens with zero attached hydrogens (tertiary/aromatic N) is 1. The first-order chi connectivity index (χ1) is 9.72. The van der Waals surface area contributed by atoms with E-state index in [9.17, 15) is 4.79 Å². The number of unbranched alkanes of at least 4 members (excludes halogenated alkanes) is 1. The molecule has 1 aromatic heterocycles. The lowest BCUT2D eigenvalue weighted by Crippen LogP contribution is -2.29. The summed E-state index contributed by atoms with van der Waals surface area (Å²) in [6.07, 6.45) is 6.30. The summed E-state index contributed by atoms with van der Waals surface area (Å²) >= 11 is 0. The Morgan fingerprint density at radius 1 is 1.40 bits per heavy atom. The molecule has 0 saturated heterocycles. The van der Waals surface area contributed by atoms with E-state index in [0.717, 1.165) is 13.0 Å². The number of amides is 1. The quantitative estimate of drug-likeness (QED) is 0.753. The Morgan fingerprint density at radius 3 is 2.85 bits per heavy atom. The molecule has 112 valence electrons. The molecule has 20 heavy (non-hydrogen) atoms. The van der Waals surface area contributed by atoms with Gasteiger partial charge in [0, 0.05) is 12.7 Å². The third-order valence-electron chi connectivity index (χ3n) is 3.39. The molecule has 1 heterocycles. The second kappa shape index (κ2) is 9.34. The van der Waals surface area contributed by atoms with Crippen LogP contribution in [0, 0.1) is 5.92 Å². The van der Waals surface area contributed by atoms with Crippen LogP contribution < -0.4 is 10.1 Å². The maximum atomic E-state index is 12.2. The maximum absolute atomic E-state index is 12.2. The van der Waals surface area contributed by atoms with Crippen LogP contribution in [0.4, 0.5) is 0 Å². The van der Waals surface area contributed by atoms with Gasteiger partial charge < -0.3 is 10.1 Å². The zero-order chi connectivity index (χ0) is 14.8. The summed E-state index contributed by atoms with van der Waals surface area (Å²) in [5.41, 5.74) is 0.514. The Morgan fingerprint density at radius 2 is 2.20 bits per heavy atom. The van der Waals surface area contributed by atoms with E-state index >= 15 is 0 Å². The van der Waals surface area contributed by atoms with Crippen LogP contribution >= 0.6 is 0 Å². The Bertz CT molecular complexity index is 407. The largest absolute Gasteiger partial charge is 0.477 e. The van der Waals surface area contributed by atoms with E-state index in [1.54, 1.807) is 18.3 Å². The van der Waals surface area contributed by atoms with Crippen molar-refractivity contribution in [1.29, 1.82) is 0 Å². The molecule has 0 bridgehead atoms. The monoisotopic (exact) mass is 278 g/mol. The number of carbonyl (C=O) groups is 1. The van der Waals surface area contributed by atoms with Gasteiger partial charge in [-0.25, -0.2) is 4.98 Å². The molecular weight excluding hydrogens is 252 g/mol. The summed E-state index contributed by atoms with van der Waals surface area (Å²) in [6, 6.07) is 3.51.